The molecule has 3 rings (SSSR count). The first-order valence-electron chi connectivity index (χ1n) is 6.01. The van der Waals surface area contributed by atoms with Crippen LogP contribution in [0.1, 0.15) is 17.1 Å². The van der Waals surface area contributed by atoms with Gasteiger partial charge >= 0.3 is 0 Å². The SMILES string of the molecule is Cc1nn(-c2nc3ccccn3c2CN)c(C)c1Cl. The molecule has 2 N–H and O–H groups in total. The molecule has 3 heterocycles. The summed E-state index contributed by atoms with van der Waals surface area (Å²) >= 11 is 6.19. The topological polar surface area (TPSA) is 61.1 Å². The van der Waals surface area contributed by atoms with Crippen LogP contribution in [0.3, 0.4) is 0 Å². The van der Waals surface area contributed by atoms with Gasteiger partial charge in [-0.15, -0.1) is 0 Å². The molecule has 0 spiro atoms. The highest BCUT2D eigenvalue weighted by molar-refractivity contribution is 6.31. The van der Waals surface area contributed by atoms with Gasteiger partial charge in [-0.05, 0) is 26.0 Å². The van der Waals surface area contributed by atoms with Crippen molar-refractivity contribution in [3.05, 3.63) is 46.5 Å². The molecular weight excluding hydrogens is 262 g/mol. The fraction of sp³-hybridized carbons (Fsp3) is 0.231. The van der Waals surface area contributed by atoms with E-state index in [1.54, 1.807) is 4.68 Å². The predicted molar refractivity (Wildman–Crippen MR) is 74.7 cm³/mol. The Morgan fingerprint density at radius 1 is 1.32 bits per heavy atom. The number of aryl methyl sites for hydroxylation is 1. The molecule has 0 aliphatic carbocycles. The highest BCUT2D eigenvalue weighted by atomic mass is 35.5. The number of halogens is 1. The average Bonchev–Trinajstić information content (AvgIpc) is 2.91. The molecule has 0 saturated heterocycles. The second-order valence-electron chi connectivity index (χ2n) is 4.41. The first-order valence-corrected chi connectivity index (χ1v) is 6.39. The Hall–Kier alpha value is -1.85. The van der Waals surface area contributed by atoms with E-state index >= 15 is 0 Å². The van der Waals surface area contributed by atoms with Gasteiger partial charge in [0.2, 0.25) is 0 Å². The van der Waals surface area contributed by atoms with Crippen LogP contribution >= 0.6 is 11.6 Å². The summed E-state index contributed by atoms with van der Waals surface area (Å²) in [5, 5.41) is 5.10. The fourth-order valence-electron chi connectivity index (χ4n) is 2.22. The van der Waals surface area contributed by atoms with E-state index in [0.29, 0.717) is 11.6 Å². The minimum atomic E-state index is 0.385. The molecule has 0 fully saturated rings. The van der Waals surface area contributed by atoms with Crippen LogP contribution in [0, 0.1) is 13.8 Å². The van der Waals surface area contributed by atoms with Gasteiger partial charge < -0.3 is 10.1 Å². The van der Waals surface area contributed by atoms with Crippen LogP contribution in [0.25, 0.3) is 11.5 Å². The number of nitrogens with zero attached hydrogens (tertiary/aromatic N) is 4. The Morgan fingerprint density at radius 3 is 2.74 bits per heavy atom. The van der Waals surface area contributed by atoms with Crippen LogP contribution in [0.5, 0.6) is 0 Å². The summed E-state index contributed by atoms with van der Waals surface area (Å²) in [6.07, 6.45) is 1.95. The molecule has 5 nitrogen and oxygen atoms in total. The van der Waals surface area contributed by atoms with Gasteiger partial charge in [-0.25, -0.2) is 9.67 Å². The van der Waals surface area contributed by atoms with Crippen LogP contribution in [-0.4, -0.2) is 19.2 Å². The van der Waals surface area contributed by atoms with Crippen molar-refractivity contribution < 1.29 is 0 Å². The molecule has 3 aromatic rings. The second-order valence-corrected chi connectivity index (χ2v) is 4.79. The normalized spacial score (nSPS) is 11.4. The monoisotopic (exact) mass is 275 g/mol. The van der Waals surface area contributed by atoms with Crippen LogP contribution < -0.4 is 5.73 Å². The van der Waals surface area contributed by atoms with Crippen LogP contribution in [0.4, 0.5) is 0 Å². The number of pyridine rings is 1. The van der Waals surface area contributed by atoms with Gasteiger partial charge in [-0.3, -0.25) is 0 Å². The van der Waals surface area contributed by atoms with E-state index in [-0.39, 0.29) is 0 Å². The van der Waals surface area contributed by atoms with Gasteiger partial charge in [0.15, 0.2) is 5.82 Å². The Balaban J connectivity index is 2.33. The number of hydrogen-bond donors (Lipinski definition) is 1. The Kier molecular flexibility index (Phi) is 2.80. The smallest absolute Gasteiger partial charge is 0.177 e. The molecule has 0 unspecified atom stereocenters. The van der Waals surface area contributed by atoms with E-state index < -0.39 is 0 Å². The number of nitrogens with two attached hydrogens (primary N) is 1. The third-order valence-electron chi connectivity index (χ3n) is 3.20. The summed E-state index contributed by atoms with van der Waals surface area (Å²) in [5.41, 5.74) is 9.29. The van der Waals surface area contributed by atoms with Crippen LogP contribution in [-0.2, 0) is 6.54 Å². The third-order valence-corrected chi connectivity index (χ3v) is 3.75. The summed E-state index contributed by atoms with van der Waals surface area (Å²) in [6, 6.07) is 5.84. The number of rotatable bonds is 2. The number of fused-ring (bicyclic) bond motifs is 1. The number of hydrogen-bond acceptors (Lipinski definition) is 3. The van der Waals surface area contributed by atoms with E-state index in [1.165, 1.54) is 0 Å². The van der Waals surface area contributed by atoms with Crippen molar-refractivity contribution in [2.75, 3.05) is 0 Å². The quantitative estimate of drug-likeness (QED) is 0.780. The maximum Gasteiger partial charge on any atom is 0.177 e. The first-order chi connectivity index (χ1) is 9.13. The van der Waals surface area contributed by atoms with E-state index in [4.69, 9.17) is 17.3 Å². The molecule has 3 aromatic heterocycles. The summed E-state index contributed by atoms with van der Waals surface area (Å²) in [4.78, 5) is 4.59. The van der Waals surface area contributed by atoms with Crippen molar-refractivity contribution in [3.8, 4) is 5.82 Å². The zero-order valence-electron chi connectivity index (χ0n) is 10.8. The summed E-state index contributed by atoms with van der Waals surface area (Å²) in [6.45, 7) is 4.19. The zero-order valence-corrected chi connectivity index (χ0v) is 11.5. The molecule has 0 aliphatic heterocycles. The molecule has 0 aromatic carbocycles. The van der Waals surface area contributed by atoms with E-state index in [1.807, 2.05) is 42.6 Å². The number of imidazole rings is 1. The van der Waals surface area contributed by atoms with Crippen LogP contribution in [0.15, 0.2) is 24.4 Å². The maximum atomic E-state index is 6.19. The highest BCUT2D eigenvalue weighted by Gasteiger charge is 2.17. The van der Waals surface area contributed by atoms with E-state index in [2.05, 4.69) is 10.1 Å². The summed E-state index contributed by atoms with van der Waals surface area (Å²) in [7, 11) is 0. The lowest BCUT2D eigenvalue weighted by molar-refractivity contribution is 0.791. The molecule has 6 heteroatoms. The Bertz CT molecular complexity index is 756. The standard InChI is InChI=1S/C13H14ClN5/c1-8-12(14)9(2)19(17-8)13-10(7-15)18-6-4-3-5-11(18)16-13/h3-6H,7,15H2,1-2H3. The molecule has 0 amide bonds. The van der Waals surface area contributed by atoms with Gasteiger partial charge in [-0.2, -0.15) is 5.10 Å². The molecular formula is C13H14ClN5. The Labute approximate surface area is 115 Å². The summed E-state index contributed by atoms with van der Waals surface area (Å²) in [5.74, 6) is 0.737. The molecule has 0 saturated carbocycles. The predicted octanol–water partition coefficient (Wildman–Crippen LogP) is 2.25. The lowest BCUT2D eigenvalue weighted by atomic mass is 10.4. The maximum absolute atomic E-state index is 6.19. The molecule has 19 heavy (non-hydrogen) atoms. The van der Waals surface area contributed by atoms with Crippen molar-refractivity contribution in [1.29, 1.82) is 0 Å². The third kappa shape index (κ3) is 1.74. The highest BCUT2D eigenvalue weighted by Crippen LogP contribution is 2.24. The zero-order chi connectivity index (χ0) is 13.6. The number of aromatic nitrogens is 4. The van der Waals surface area contributed by atoms with Gasteiger partial charge in [0.25, 0.3) is 0 Å². The minimum absolute atomic E-state index is 0.385. The van der Waals surface area contributed by atoms with Gasteiger partial charge in [-0.1, -0.05) is 17.7 Å². The fourth-order valence-corrected chi connectivity index (χ4v) is 2.34. The van der Waals surface area contributed by atoms with Crippen molar-refractivity contribution >= 4 is 17.2 Å². The van der Waals surface area contributed by atoms with Gasteiger partial charge in [0.1, 0.15) is 5.65 Å². The molecule has 98 valence electrons. The van der Waals surface area contributed by atoms with E-state index in [0.717, 1.165) is 28.5 Å². The molecule has 0 bridgehead atoms. The molecule has 0 radical (unpaired) electrons. The first kappa shape index (κ1) is 12.2. The average molecular weight is 276 g/mol. The Morgan fingerprint density at radius 2 is 2.11 bits per heavy atom. The van der Waals surface area contributed by atoms with Gasteiger partial charge in [0, 0.05) is 12.7 Å². The summed E-state index contributed by atoms with van der Waals surface area (Å²) < 4.78 is 3.73. The van der Waals surface area contributed by atoms with Crippen molar-refractivity contribution in [1.82, 2.24) is 19.2 Å². The van der Waals surface area contributed by atoms with Crippen LogP contribution in [0.2, 0.25) is 5.02 Å². The largest absolute Gasteiger partial charge is 0.325 e. The van der Waals surface area contributed by atoms with Crippen molar-refractivity contribution in [3.63, 3.8) is 0 Å². The second kappa shape index (κ2) is 4.36. The minimum Gasteiger partial charge on any atom is -0.325 e. The van der Waals surface area contributed by atoms with Crippen molar-refractivity contribution in [2.45, 2.75) is 20.4 Å². The molecule has 0 aliphatic rings. The molecule has 0 atom stereocenters. The van der Waals surface area contributed by atoms with E-state index in [9.17, 15) is 0 Å². The van der Waals surface area contributed by atoms with Gasteiger partial charge in [0.05, 0.1) is 22.1 Å². The lowest BCUT2D eigenvalue weighted by Gasteiger charge is -2.03. The lowest BCUT2D eigenvalue weighted by Crippen LogP contribution is -2.08. The van der Waals surface area contributed by atoms with Crippen molar-refractivity contribution in [2.24, 2.45) is 5.73 Å².